The molecule has 3 aliphatic heterocycles. The van der Waals surface area contributed by atoms with Crippen molar-refractivity contribution < 1.29 is 76.9 Å². The smallest absolute Gasteiger partial charge is 0.480 e. The third kappa shape index (κ3) is 9.75. The summed E-state index contributed by atoms with van der Waals surface area (Å²) < 4.78 is 50.8. The molecule has 52 heavy (non-hydrogen) atoms. The largest absolute Gasteiger partial charge is 0.481 e. The zero-order valence-corrected chi connectivity index (χ0v) is 29.2. The molecule has 26 heteroatoms. The number of hydrogen-bond acceptors (Lipinski definition) is 19. The van der Waals surface area contributed by atoms with Gasteiger partial charge in [0.1, 0.15) is 54.5 Å². The summed E-state index contributed by atoms with van der Waals surface area (Å²) in [4.78, 5) is 54.6. The van der Waals surface area contributed by atoms with Gasteiger partial charge in [-0.25, -0.2) is 24.1 Å². The van der Waals surface area contributed by atoms with Gasteiger partial charge in [0, 0.05) is 18.0 Å². The highest BCUT2D eigenvalue weighted by Gasteiger charge is 2.48. The van der Waals surface area contributed by atoms with Gasteiger partial charge in [0.2, 0.25) is 5.91 Å². The maximum atomic E-state index is 12.4. The van der Waals surface area contributed by atoms with E-state index in [1.165, 1.54) is 28.2 Å². The number of imidazole rings is 1. The summed E-state index contributed by atoms with van der Waals surface area (Å²) in [5.74, 6) is -1.57. The molecule has 0 radical (unpaired) electrons. The molecule has 11 atom stereocenters. The van der Waals surface area contributed by atoms with Gasteiger partial charge in [-0.05, 0) is 12.3 Å². The normalized spacial score (nSPS) is 30.3. The number of carboxylic acid groups (broad SMARTS) is 1. The fourth-order valence-electron chi connectivity index (χ4n) is 4.96. The Bertz CT molecular complexity index is 1760. The van der Waals surface area contributed by atoms with E-state index in [9.17, 15) is 48.9 Å². The Balaban J connectivity index is 0.000000677. The Labute approximate surface area is 294 Å². The molecular weight excluding hydrogens is 742 g/mol. The molecule has 5 heterocycles. The SMILES string of the molecule is CC(C)[C@H](N)C(=O)O.NC(=O)C1=CN([C@@H]2O[C@H](COP(=O)(O)OP(=O)(O)OC[C@H]3O[C@@H](n4cnc5c(N)ncnc54)[C@H](O)[C@@H]3O)[C@@H](O)[C@H]2O)C=CC1. The Morgan fingerprint density at radius 1 is 0.962 bits per heavy atom. The standard InChI is InChI=1S/C21H29N7O14P2.C5H11NO2/c22-17-12-19(25-7-24-17)28(8-26-12)21-16(32)14(30)11(41-21)6-39-44(36,37)42-43(34,35)38-5-10-13(29)15(31)20(40-10)27-3-1-2-9(4-27)18(23)33;1-3(2)4(6)5(7)8/h1,3-4,7-8,10-11,13-16,20-21,29-32H,2,5-6H2,(H2,23,33)(H,34,35)(H,36,37)(H2,22,24,25);3-4H,6H2,1-2H3,(H,7,8)/t10-,11-,13-,14-,15-,16-,20-,21-;4-/m10/s1. The molecule has 0 spiro atoms. The van der Waals surface area contributed by atoms with Crippen LogP contribution in [0.4, 0.5) is 5.82 Å². The number of fused-ring (bicyclic) bond motifs is 1. The molecule has 0 saturated carbocycles. The number of ether oxygens (including phenoxy) is 2. The number of phosphoric ester groups is 2. The van der Waals surface area contributed by atoms with Crippen molar-refractivity contribution in [2.75, 3.05) is 18.9 Å². The monoisotopic (exact) mass is 782 g/mol. The number of carbonyl (C=O) groups excluding carboxylic acids is 1. The number of aliphatic carboxylic acids is 1. The second-order valence-electron chi connectivity index (χ2n) is 11.9. The Morgan fingerprint density at radius 3 is 2.04 bits per heavy atom. The van der Waals surface area contributed by atoms with Crippen molar-refractivity contribution >= 4 is 44.5 Å². The molecule has 13 N–H and O–H groups in total. The second-order valence-corrected chi connectivity index (χ2v) is 15.0. The summed E-state index contributed by atoms with van der Waals surface area (Å²) in [6, 6.07) is -0.713. The predicted molar refractivity (Wildman–Crippen MR) is 172 cm³/mol. The number of phosphoric acid groups is 2. The van der Waals surface area contributed by atoms with Crippen LogP contribution in [0.15, 0.2) is 36.7 Å². The third-order valence-corrected chi connectivity index (χ3v) is 10.5. The van der Waals surface area contributed by atoms with Gasteiger partial charge >= 0.3 is 21.6 Å². The van der Waals surface area contributed by atoms with Gasteiger partial charge in [0.05, 0.1) is 19.5 Å². The molecule has 2 saturated heterocycles. The van der Waals surface area contributed by atoms with Crippen LogP contribution in [0, 0.1) is 5.92 Å². The van der Waals surface area contributed by atoms with E-state index in [1.807, 2.05) is 0 Å². The first kappa shape index (κ1) is 41.3. The molecule has 1 amide bonds. The number of nitrogens with zero attached hydrogens (tertiary/aromatic N) is 5. The van der Waals surface area contributed by atoms with Crippen LogP contribution in [0.2, 0.25) is 0 Å². The number of rotatable bonds is 13. The summed E-state index contributed by atoms with van der Waals surface area (Å²) in [5, 5.41) is 49.9. The molecule has 0 aromatic carbocycles. The van der Waals surface area contributed by atoms with E-state index >= 15 is 0 Å². The van der Waals surface area contributed by atoms with Crippen molar-refractivity contribution in [3.8, 4) is 0 Å². The highest BCUT2D eigenvalue weighted by Crippen LogP contribution is 2.60. The van der Waals surface area contributed by atoms with Crippen molar-refractivity contribution in [3.63, 3.8) is 0 Å². The number of amides is 1. The minimum atomic E-state index is -5.37. The number of nitrogens with two attached hydrogens (primary N) is 3. The average molecular weight is 783 g/mol. The fraction of sp³-hybridized carbons (Fsp3) is 0.577. The number of carboxylic acids is 1. The molecule has 0 bridgehead atoms. The van der Waals surface area contributed by atoms with Gasteiger partial charge in [0.25, 0.3) is 0 Å². The molecule has 24 nitrogen and oxygen atoms in total. The van der Waals surface area contributed by atoms with Crippen LogP contribution in [-0.4, -0.2) is 134 Å². The van der Waals surface area contributed by atoms with Gasteiger partial charge in [-0.2, -0.15) is 4.31 Å². The fourth-order valence-corrected chi connectivity index (χ4v) is 7.05. The van der Waals surface area contributed by atoms with Crippen LogP contribution in [0.3, 0.4) is 0 Å². The lowest BCUT2D eigenvalue weighted by molar-refractivity contribution is -0.139. The molecule has 2 aromatic heterocycles. The van der Waals surface area contributed by atoms with Crippen molar-refractivity contribution in [1.82, 2.24) is 24.4 Å². The van der Waals surface area contributed by atoms with Gasteiger partial charge in [-0.1, -0.05) is 19.9 Å². The topological polar surface area (TPSA) is 381 Å². The van der Waals surface area contributed by atoms with Crippen LogP contribution in [0.1, 0.15) is 26.5 Å². The zero-order chi connectivity index (χ0) is 38.7. The molecule has 2 fully saturated rings. The number of hydrogen-bond donors (Lipinski definition) is 10. The number of aromatic nitrogens is 4. The lowest BCUT2D eigenvalue weighted by Crippen LogP contribution is -2.40. The van der Waals surface area contributed by atoms with Crippen molar-refractivity contribution in [2.24, 2.45) is 17.4 Å². The molecule has 2 unspecified atom stereocenters. The van der Waals surface area contributed by atoms with E-state index in [1.54, 1.807) is 19.9 Å². The molecule has 290 valence electrons. The maximum absolute atomic E-state index is 12.4. The molecular formula is C26H40N8O16P2. The number of primary amides is 1. The van der Waals surface area contributed by atoms with E-state index in [0.29, 0.717) is 0 Å². The molecule has 3 aliphatic rings. The Morgan fingerprint density at radius 2 is 1.52 bits per heavy atom. The molecule has 0 aliphatic carbocycles. The van der Waals surface area contributed by atoms with Gasteiger partial charge < -0.3 is 66.9 Å². The van der Waals surface area contributed by atoms with Gasteiger partial charge in [-0.15, -0.1) is 0 Å². The van der Waals surface area contributed by atoms with Crippen LogP contribution < -0.4 is 17.2 Å². The molecule has 2 aromatic rings. The average Bonchev–Trinajstić information content (AvgIpc) is 3.72. The number of aliphatic hydroxyl groups excluding tert-OH is 4. The van der Waals surface area contributed by atoms with Crippen molar-refractivity contribution in [2.45, 2.75) is 75.4 Å². The number of aliphatic hydroxyl groups is 4. The number of nitrogen functional groups attached to an aromatic ring is 1. The number of carbonyl (C=O) groups is 2. The Hall–Kier alpha value is -3.45. The maximum Gasteiger partial charge on any atom is 0.481 e. The summed E-state index contributed by atoms with van der Waals surface area (Å²) in [7, 11) is -10.7. The van der Waals surface area contributed by atoms with Crippen LogP contribution in [0.25, 0.3) is 11.2 Å². The van der Waals surface area contributed by atoms with Crippen LogP contribution in [-0.2, 0) is 41.6 Å². The van der Waals surface area contributed by atoms with Crippen molar-refractivity contribution in [1.29, 1.82) is 0 Å². The third-order valence-electron chi connectivity index (χ3n) is 7.88. The quantitative estimate of drug-likeness (QED) is 0.0929. The molecule has 5 rings (SSSR count). The first-order valence-electron chi connectivity index (χ1n) is 15.3. The minimum Gasteiger partial charge on any atom is -0.480 e. The first-order valence-corrected chi connectivity index (χ1v) is 18.3. The highest BCUT2D eigenvalue weighted by molar-refractivity contribution is 7.61. The van der Waals surface area contributed by atoms with E-state index in [2.05, 4.69) is 19.3 Å². The summed E-state index contributed by atoms with van der Waals surface area (Å²) >= 11 is 0. The van der Waals surface area contributed by atoms with Gasteiger partial charge in [-0.3, -0.25) is 23.2 Å². The van der Waals surface area contributed by atoms with Crippen molar-refractivity contribution in [3.05, 3.63) is 36.7 Å². The zero-order valence-electron chi connectivity index (χ0n) is 27.4. The lowest BCUT2D eigenvalue weighted by Gasteiger charge is -2.28. The highest BCUT2D eigenvalue weighted by atomic mass is 31.3. The van der Waals surface area contributed by atoms with Gasteiger partial charge in [0.15, 0.2) is 23.9 Å². The van der Waals surface area contributed by atoms with Crippen LogP contribution in [0.5, 0.6) is 0 Å². The number of anilines is 1. The van der Waals surface area contributed by atoms with E-state index in [-0.39, 0.29) is 34.9 Å². The van der Waals surface area contributed by atoms with E-state index in [0.717, 1.165) is 6.33 Å². The lowest BCUT2D eigenvalue weighted by atomic mass is 10.1. The van der Waals surface area contributed by atoms with Crippen LogP contribution >= 0.6 is 15.6 Å². The first-order chi connectivity index (χ1) is 24.2. The summed E-state index contributed by atoms with van der Waals surface area (Å²) in [6.07, 6.45) is -4.88. The minimum absolute atomic E-state index is 0.0208. The predicted octanol–water partition coefficient (Wildman–Crippen LogP) is -2.63. The van der Waals surface area contributed by atoms with E-state index < -0.39 is 95.9 Å². The Kier molecular flexibility index (Phi) is 13.3. The second kappa shape index (κ2) is 16.7. The summed E-state index contributed by atoms with van der Waals surface area (Å²) in [5.41, 5.74) is 16.7. The summed E-state index contributed by atoms with van der Waals surface area (Å²) in [6.45, 7) is 1.77. The van der Waals surface area contributed by atoms with E-state index in [4.69, 9.17) is 40.8 Å². The number of allylic oxidation sites excluding steroid dienone is 1.